The summed E-state index contributed by atoms with van der Waals surface area (Å²) in [6.07, 6.45) is 0. The molecule has 0 aromatic heterocycles. The van der Waals surface area contributed by atoms with Gasteiger partial charge >= 0.3 is 18.0 Å². The minimum absolute atomic E-state index is 0.262. The Balaban J connectivity index is 3.33. The standard InChI is InChI=1S/C11H20N2O5S2/c1-17-9(14)7-19-5-3-12-11(16)13-4-6-20-8-10(15)18-2/h3-8H2,1-2H3,(H2,12,13,16). The van der Waals surface area contributed by atoms with Crippen molar-refractivity contribution >= 4 is 41.5 Å². The molecule has 0 bridgehead atoms. The quantitative estimate of drug-likeness (QED) is 0.435. The van der Waals surface area contributed by atoms with E-state index in [1.165, 1.54) is 37.7 Å². The fourth-order valence-electron chi connectivity index (χ4n) is 0.965. The Morgan fingerprint density at radius 3 is 1.60 bits per heavy atom. The molecule has 0 unspecified atom stereocenters. The Morgan fingerprint density at radius 1 is 0.850 bits per heavy atom. The van der Waals surface area contributed by atoms with Gasteiger partial charge in [0, 0.05) is 24.6 Å². The second-order valence-corrected chi connectivity index (χ2v) is 5.65. The Kier molecular flexibility index (Phi) is 12.2. The number of hydrogen-bond donors (Lipinski definition) is 2. The van der Waals surface area contributed by atoms with Crippen LogP contribution in [-0.2, 0) is 19.1 Å². The summed E-state index contributed by atoms with van der Waals surface area (Å²) in [7, 11) is 2.68. The SMILES string of the molecule is COC(=O)CSCCNC(=O)NCCSCC(=O)OC. The van der Waals surface area contributed by atoms with E-state index in [9.17, 15) is 14.4 Å². The van der Waals surface area contributed by atoms with Crippen molar-refractivity contribution in [1.82, 2.24) is 10.6 Å². The van der Waals surface area contributed by atoms with E-state index >= 15 is 0 Å². The molecular formula is C11H20N2O5S2. The molecule has 7 nitrogen and oxygen atoms in total. The highest BCUT2D eigenvalue weighted by Crippen LogP contribution is 1.99. The third-order valence-electron chi connectivity index (χ3n) is 1.96. The average Bonchev–Trinajstić information content (AvgIpc) is 2.45. The number of amides is 2. The van der Waals surface area contributed by atoms with Crippen LogP contribution in [0.2, 0.25) is 0 Å². The van der Waals surface area contributed by atoms with Gasteiger partial charge in [-0.2, -0.15) is 0 Å². The van der Waals surface area contributed by atoms with Crippen LogP contribution in [0, 0.1) is 0 Å². The Bertz CT molecular complexity index is 287. The molecule has 2 amide bonds. The maximum Gasteiger partial charge on any atom is 0.315 e. The highest BCUT2D eigenvalue weighted by Gasteiger charge is 2.03. The first-order valence-electron chi connectivity index (χ1n) is 5.91. The van der Waals surface area contributed by atoms with E-state index < -0.39 is 0 Å². The van der Waals surface area contributed by atoms with Gasteiger partial charge in [-0.1, -0.05) is 0 Å². The van der Waals surface area contributed by atoms with Gasteiger partial charge < -0.3 is 20.1 Å². The molecular weight excluding hydrogens is 304 g/mol. The lowest BCUT2D eigenvalue weighted by Crippen LogP contribution is -2.37. The second kappa shape index (κ2) is 12.9. The summed E-state index contributed by atoms with van der Waals surface area (Å²) in [5.74, 6) is 1.29. The van der Waals surface area contributed by atoms with Gasteiger partial charge in [-0.25, -0.2) is 4.79 Å². The van der Waals surface area contributed by atoms with Crippen LogP contribution in [0.15, 0.2) is 0 Å². The zero-order chi connectivity index (χ0) is 15.2. The predicted octanol–water partition coefficient (Wildman–Crippen LogP) is 0.0980. The second-order valence-electron chi connectivity index (χ2n) is 3.44. The molecule has 9 heteroatoms. The van der Waals surface area contributed by atoms with Gasteiger partial charge in [0.2, 0.25) is 0 Å². The number of methoxy groups -OCH3 is 2. The van der Waals surface area contributed by atoms with Crippen molar-refractivity contribution in [3.63, 3.8) is 0 Å². The maximum atomic E-state index is 11.3. The predicted molar refractivity (Wildman–Crippen MR) is 80.1 cm³/mol. The summed E-state index contributed by atoms with van der Waals surface area (Å²) in [6, 6.07) is -0.262. The molecule has 0 aromatic carbocycles. The van der Waals surface area contributed by atoms with Crippen LogP contribution >= 0.6 is 23.5 Å². The molecule has 0 rings (SSSR count). The average molecular weight is 324 g/mol. The van der Waals surface area contributed by atoms with E-state index in [1.807, 2.05) is 0 Å². The Hall–Kier alpha value is -1.09. The topological polar surface area (TPSA) is 93.7 Å². The van der Waals surface area contributed by atoms with E-state index in [-0.39, 0.29) is 29.5 Å². The third kappa shape index (κ3) is 12.0. The summed E-state index contributed by atoms with van der Waals surface area (Å²) in [5, 5.41) is 5.32. The first-order valence-corrected chi connectivity index (χ1v) is 8.22. The van der Waals surface area contributed by atoms with Crippen molar-refractivity contribution < 1.29 is 23.9 Å². The third-order valence-corrected chi connectivity index (χ3v) is 3.82. The van der Waals surface area contributed by atoms with Crippen molar-refractivity contribution in [3.05, 3.63) is 0 Å². The highest BCUT2D eigenvalue weighted by atomic mass is 32.2. The van der Waals surface area contributed by atoms with Gasteiger partial charge in [-0.15, -0.1) is 23.5 Å². The number of nitrogens with one attached hydrogen (secondary N) is 2. The largest absolute Gasteiger partial charge is 0.468 e. The number of thioether (sulfide) groups is 2. The van der Waals surface area contributed by atoms with Gasteiger partial charge in [-0.05, 0) is 0 Å². The number of esters is 2. The molecule has 116 valence electrons. The van der Waals surface area contributed by atoms with Crippen LogP contribution < -0.4 is 10.6 Å². The molecule has 20 heavy (non-hydrogen) atoms. The van der Waals surface area contributed by atoms with Gasteiger partial charge in [0.05, 0.1) is 25.7 Å². The molecule has 0 aromatic rings. The summed E-state index contributed by atoms with van der Waals surface area (Å²) in [5.41, 5.74) is 0. The fraction of sp³-hybridized carbons (Fsp3) is 0.727. The smallest absolute Gasteiger partial charge is 0.315 e. The van der Waals surface area contributed by atoms with Crippen LogP contribution in [-0.4, -0.2) is 68.3 Å². The number of carbonyl (C=O) groups is 3. The van der Waals surface area contributed by atoms with Crippen molar-refractivity contribution in [1.29, 1.82) is 0 Å². The Labute approximate surface area is 126 Å². The molecule has 0 spiro atoms. The fourth-order valence-corrected chi connectivity index (χ4v) is 2.32. The molecule has 0 aliphatic heterocycles. The van der Waals surface area contributed by atoms with E-state index in [1.54, 1.807) is 0 Å². The number of carbonyl (C=O) groups excluding carboxylic acids is 3. The molecule has 0 heterocycles. The molecule has 0 fully saturated rings. The lowest BCUT2D eigenvalue weighted by Gasteiger charge is -2.07. The molecule has 2 N–H and O–H groups in total. The minimum Gasteiger partial charge on any atom is -0.468 e. The summed E-state index contributed by atoms with van der Waals surface area (Å²) < 4.78 is 8.97. The number of hydrogen-bond acceptors (Lipinski definition) is 7. The summed E-state index contributed by atoms with van der Waals surface area (Å²) in [6.45, 7) is 0.950. The Morgan fingerprint density at radius 2 is 1.25 bits per heavy atom. The van der Waals surface area contributed by atoms with Crippen molar-refractivity contribution in [3.8, 4) is 0 Å². The normalized spacial score (nSPS) is 9.70. The molecule has 0 saturated heterocycles. The molecule has 0 saturated carbocycles. The van der Waals surface area contributed by atoms with Crippen LogP contribution in [0.3, 0.4) is 0 Å². The van der Waals surface area contributed by atoms with Crippen molar-refractivity contribution in [2.24, 2.45) is 0 Å². The van der Waals surface area contributed by atoms with Crippen LogP contribution in [0.25, 0.3) is 0 Å². The van der Waals surface area contributed by atoms with Crippen molar-refractivity contribution in [2.75, 3.05) is 50.3 Å². The molecule has 0 aliphatic rings. The zero-order valence-electron chi connectivity index (χ0n) is 11.6. The minimum atomic E-state index is -0.276. The van der Waals surface area contributed by atoms with Gasteiger partial charge in [0.25, 0.3) is 0 Å². The lowest BCUT2D eigenvalue weighted by molar-refractivity contribution is -0.138. The van der Waals surface area contributed by atoms with E-state index in [0.717, 1.165) is 0 Å². The molecule has 0 aliphatic carbocycles. The summed E-state index contributed by atoms with van der Waals surface area (Å²) >= 11 is 2.79. The van der Waals surface area contributed by atoms with Gasteiger partial charge in [0.15, 0.2) is 0 Å². The van der Waals surface area contributed by atoms with E-state index in [0.29, 0.717) is 24.6 Å². The monoisotopic (exact) mass is 324 g/mol. The van der Waals surface area contributed by atoms with Crippen LogP contribution in [0.5, 0.6) is 0 Å². The summed E-state index contributed by atoms with van der Waals surface area (Å²) in [4.78, 5) is 32.9. The van der Waals surface area contributed by atoms with E-state index in [2.05, 4.69) is 20.1 Å². The van der Waals surface area contributed by atoms with Gasteiger partial charge in [-0.3, -0.25) is 9.59 Å². The van der Waals surface area contributed by atoms with Gasteiger partial charge in [0.1, 0.15) is 0 Å². The van der Waals surface area contributed by atoms with Crippen molar-refractivity contribution in [2.45, 2.75) is 0 Å². The van der Waals surface area contributed by atoms with Crippen LogP contribution in [0.4, 0.5) is 4.79 Å². The van der Waals surface area contributed by atoms with E-state index in [4.69, 9.17) is 0 Å². The maximum absolute atomic E-state index is 11.3. The lowest BCUT2D eigenvalue weighted by atomic mass is 10.7. The first-order chi connectivity index (χ1) is 9.60. The highest BCUT2D eigenvalue weighted by molar-refractivity contribution is 8.00. The number of urea groups is 1. The number of ether oxygens (including phenoxy) is 2. The van der Waals surface area contributed by atoms with Crippen LogP contribution in [0.1, 0.15) is 0 Å². The zero-order valence-corrected chi connectivity index (χ0v) is 13.2. The number of rotatable bonds is 10. The molecule has 0 atom stereocenters. The first kappa shape index (κ1) is 18.9. The molecule has 0 radical (unpaired) electrons.